The smallest absolute Gasteiger partial charge is 0.430 e. The summed E-state index contributed by atoms with van der Waals surface area (Å²) in [5.74, 6) is -0.257. The van der Waals surface area contributed by atoms with E-state index in [9.17, 15) is 19.3 Å². The van der Waals surface area contributed by atoms with Crippen molar-refractivity contribution < 1.29 is 37.8 Å². The summed E-state index contributed by atoms with van der Waals surface area (Å²) in [4.78, 5) is 39.4. The van der Waals surface area contributed by atoms with Crippen LogP contribution in [0, 0.1) is 0 Å². The van der Waals surface area contributed by atoms with Crippen molar-refractivity contribution in [1.82, 2.24) is 19.5 Å². The number of ether oxygens (including phenoxy) is 2. The Morgan fingerprint density at radius 1 is 0.827 bits per heavy atom. The molecule has 0 aliphatic carbocycles. The molecule has 14 heteroatoms. The summed E-state index contributed by atoms with van der Waals surface area (Å²) in [6, 6.07) is 34.3. The van der Waals surface area contributed by atoms with Crippen LogP contribution in [0.1, 0.15) is 40.3 Å². The van der Waals surface area contributed by atoms with Crippen molar-refractivity contribution in [3.8, 4) is 11.5 Å². The molecule has 4 aromatic carbocycles. The molecule has 2 aromatic heterocycles. The molecule has 1 aliphatic rings. The van der Waals surface area contributed by atoms with Gasteiger partial charge in [-0.3, -0.25) is 9.36 Å². The number of aromatic nitrogens is 4. The zero-order valence-corrected chi connectivity index (χ0v) is 28.8. The number of para-hydroxylation sites is 2. The van der Waals surface area contributed by atoms with E-state index in [0.29, 0.717) is 17.1 Å². The molecule has 52 heavy (non-hydrogen) atoms. The van der Waals surface area contributed by atoms with Crippen LogP contribution >= 0.6 is 7.60 Å². The number of amides is 1. The van der Waals surface area contributed by atoms with E-state index in [-0.39, 0.29) is 35.1 Å². The highest BCUT2D eigenvalue weighted by atomic mass is 31.2. The number of nitrogens with one attached hydrogen (secondary N) is 1. The average molecular weight is 720 g/mol. The van der Waals surface area contributed by atoms with Gasteiger partial charge in [0, 0.05) is 5.56 Å². The Kier molecular flexibility index (Phi) is 9.82. The lowest BCUT2D eigenvalue weighted by molar-refractivity contribution is -0.0972. The molecule has 0 spiro atoms. The Labute approximate surface area is 298 Å². The van der Waals surface area contributed by atoms with Crippen molar-refractivity contribution in [3.05, 3.63) is 145 Å². The number of rotatable bonds is 12. The highest BCUT2D eigenvalue weighted by Gasteiger charge is 2.57. The van der Waals surface area contributed by atoms with Crippen LogP contribution < -0.4 is 14.4 Å². The summed E-state index contributed by atoms with van der Waals surface area (Å²) in [7, 11) is -3.92. The van der Waals surface area contributed by atoms with Crippen LogP contribution in [0.2, 0.25) is 0 Å². The summed E-state index contributed by atoms with van der Waals surface area (Å²) in [6.07, 6.45) is -1.000. The van der Waals surface area contributed by atoms with Crippen molar-refractivity contribution in [3.63, 3.8) is 0 Å². The molecule has 0 radical (unpaired) electrons. The first kappa shape index (κ1) is 34.6. The van der Waals surface area contributed by atoms with Crippen LogP contribution in [-0.4, -0.2) is 60.5 Å². The highest BCUT2D eigenvalue weighted by molar-refractivity contribution is 7.54. The molecule has 4 atom stereocenters. The van der Waals surface area contributed by atoms with E-state index in [1.54, 1.807) is 121 Å². The molecule has 0 bridgehead atoms. The largest absolute Gasteiger partial charge is 0.453 e. The first-order valence-corrected chi connectivity index (χ1v) is 18.2. The second-order valence-corrected chi connectivity index (χ2v) is 14.3. The van der Waals surface area contributed by atoms with Gasteiger partial charge in [-0.25, -0.2) is 24.3 Å². The van der Waals surface area contributed by atoms with Crippen LogP contribution in [0.15, 0.2) is 134 Å². The third-order valence-corrected chi connectivity index (χ3v) is 10.3. The molecular weight excluding hydrogens is 685 g/mol. The summed E-state index contributed by atoms with van der Waals surface area (Å²) in [5, 5.41) is 14.9. The van der Waals surface area contributed by atoms with Crippen LogP contribution in [0.25, 0.3) is 11.2 Å². The summed E-state index contributed by atoms with van der Waals surface area (Å²) < 4.78 is 40.3. The van der Waals surface area contributed by atoms with Gasteiger partial charge in [-0.1, -0.05) is 72.8 Å². The van der Waals surface area contributed by atoms with Crippen LogP contribution in [0.3, 0.4) is 0 Å². The molecule has 264 valence electrons. The Balaban J connectivity index is 1.20. The SMILES string of the molecule is C[C@@]1(O)[C@H](OC(=O)c2ccccc2)[C@@H](CCP(=O)(Oc2ccccc2)Oc2ccccc2)O[C@H]1n1cnc2c(NC(=O)c3ccccc3)ncnc21. The number of carbonyl (C=O) groups excluding carboxylic acids is 2. The van der Waals surface area contributed by atoms with Gasteiger partial charge in [-0.05, 0) is 61.9 Å². The number of esters is 1. The first-order valence-electron chi connectivity index (χ1n) is 16.5. The molecule has 1 fully saturated rings. The minimum Gasteiger partial charge on any atom is -0.453 e. The second-order valence-electron chi connectivity index (χ2n) is 12.2. The third kappa shape index (κ3) is 7.42. The Hall–Kier alpha value is -5.88. The molecule has 1 amide bonds. The normalized spacial score (nSPS) is 19.9. The van der Waals surface area contributed by atoms with Crippen LogP contribution in [0.5, 0.6) is 11.5 Å². The van der Waals surface area contributed by atoms with Crippen molar-refractivity contribution >= 4 is 36.5 Å². The van der Waals surface area contributed by atoms with Gasteiger partial charge in [0.2, 0.25) is 0 Å². The number of benzene rings is 4. The maximum atomic E-state index is 14.4. The Morgan fingerprint density at radius 3 is 1.98 bits per heavy atom. The number of anilines is 1. The van der Waals surface area contributed by atoms with Gasteiger partial charge in [0.05, 0.1) is 18.1 Å². The van der Waals surface area contributed by atoms with E-state index in [2.05, 4.69) is 20.3 Å². The maximum absolute atomic E-state index is 14.4. The van der Waals surface area contributed by atoms with Crippen molar-refractivity contribution in [2.45, 2.75) is 37.4 Å². The quantitative estimate of drug-likeness (QED) is 0.102. The van der Waals surface area contributed by atoms with Crippen molar-refractivity contribution in [2.24, 2.45) is 0 Å². The predicted molar refractivity (Wildman–Crippen MR) is 191 cm³/mol. The number of nitrogens with zero attached hydrogens (tertiary/aromatic N) is 4. The highest BCUT2D eigenvalue weighted by Crippen LogP contribution is 2.51. The second kappa shape index (κ2) is 14.8. The van der Waals surface area contributed by atoms with E-state index >= 15 is 0 Å². The fraction of sp³-hybridized carbons (Fsp3) is 0.184. The minimum atomic E-state index is -3.92. The number of carbonyl (C=O) groups is 2. The van der Waals surface area contributed by atoms with Crippen molar-refractivity contribution in [2.75, 3.05) is 11.5 Å². The average Bonchev–Trinajstić information content (AvgIpc) is 3.70. The van der Waals surface area contributed by atoms with E-state index in [0.717, 1.165) is 0 Å². The molecule has 7 rings (SSSR count). The lowest BCUT2D eigenvalue weighted by atomic mass is 9.95. The number of fused-ring (bicyclic) bond motifs is 1. The van der Waals surface area contributed by atoms with Gasteiger partial charge in [0.15, 0.2) is 29.3 Å². The molecule has 1 saturated heterocycles. The van der Waals surface area contributed by atoms with E-state index in [1.165, 1.54) is 24.1 Å². The van der Waals surface area contributed by atoms with Gasteiger partial charge < -0.3 is 28.9 Å². The van der Waals surface area contributed by atoms with E-state index in [1.807, 2.05) is 0 Å². The summed E-state index contributed by atoms with van der Waals surface area (Å²) in [6.45, 7) is 1.48. The predicted octanol–water partition coefficient (Wildman–Crippen LogP) is 6.69. The lowest BCUT2D eigenvalue weighted by Crippen LogP contribution is -2.46. The van der Waals surface area contributed by atoms with Crippen LogP contribution in [0.4, 0.5) is 5.82 Å². The third-order valence-electron chi connectivity index (χ3n) is 8.50. The number of imidazole rings is 1. The van der Waals surface area contributed by atoms with Gasteiger partial charge in [0.25, 0.3) is 5.91 Å². The molecule has 0 saturated carbocycles. The Bertz CT molecular complexity index is 2160. The van der Waals surface area contributed by atoms with Gasteiger partial charge in [-0.2, -0.15) is 0 Å². The molecule has 1 aliphatic heterocycles. The fourth-order valence-electron chi connectivity index (χ4n) is 5.97. The van der Waals surface area contributed by atoms with Gasteiger partial charge in [-0.15, -0.1) is 0 Å². The molecule has 2 N–H and O–H groups in total. The number of hydrogen-bond acceptors (Lipinski definition) is 11. The number of hydrogen-bond donors (Lipinski definition) is 2. The molecule has 13 nitrogen and oxygen atoms in total. The van der Waals surface area contributed by atoms with E-state index < -0.39 is 43.5 Å². The number of aliphatic hydroxyl groups is 1. The molecule has 3 heterocycles. The molecule has 6 aromatic rings. The zero-order chi connectivity index (χ0) is 36.1. The lowest BCUT2D eigenvalue weighted by Gasteiger charge is -2.30. The summed E-state index contributed by atoms with van der Waals surface area (Å²) >= 11 is 0. The minimum absolute atomic E-state index is 0.0175. The molecular formula is C38H34N5O8P. The van der Waals surface area contributed by atoms with Gasteiger partial charge in [0.1, 0.15) is 29.5 Å². The monoisotopic (exact) mass is 719 g/mol. The standard InChI is InChI=1S/C38H34N5O8P/c1-38(46)32(49-36(45)27-16-8-3-9-17-27)30(22-23-52(47,50-28-18-10-4-11-19-28)51-29-20-12-5-13-21-29)48-37(38)43-25-41-31-33(39-24-40-34(31)43)42-35(44)26-14-6-2-7-15-26/h2-21,24-25,30,32,37,46H,22-23H2,1H3,(H,39,40,42,44)/t30-,32-,37-,38-/m1/s1. The van der Waals surface area contributed by atoms with Crippen molar-refractivity contribution in [1.29, 1.82) is 0 Å². The zero-order valence-electron chi connectivity index (χ0n) is 27.9. The first-order chi connectivity index (χ1) is 25.2. The maximum Gasteiger partial charge on any atom is 0.430 e. The Morgan fingerprint density at radius 2 is 1.38 bits per heavy atom. The topological polar surface area (TPSA) is 164 Å². The van der Waals surface area contributed by atoms with E-state index in [4.69, 9.17) is 18.5 Å². The van der Waals surface area contributed by atoms with Gasteiger partial charge >= 0.3 is 13.6 Å². The van der Waals surface area contributed by atoms with Crippen LogP contribution in [-0.2, 0) is 14.0 Å². The summed E-state index contributed by atoms with van der Waals surface area (Å²) in [5.41, 5.74) is -0.699. The molecule has 0 unspecified atom stereocenters. The fourth-order valence-corrected chi connectivity index (χ4v) is 7.65.